The summed E-state index contributed by atoms with van der Waals surface area (Å²) in [6.45, 7) is 3.82. The number of carbonyl (C=O) groups is 3. The number of aryl methyl sites for hydroxylation is 1. The Hall–Kier alpha value is -2.67. The highest BCUT2D eigenvalue weighted by Gasteiger charge is 2.33. The number of thiophene rings is 1. The summed E-state index contributed by atoms with van der Waals surface area (Å²) in [5, 5.41) is 7.71. The standard InChI is InChI=1S/C24H31N3O3S/c1-2-14-25-24(30)22(26-23(29)20-9-6-17-31-20)19-12-15-27(16-13-19)21(28)11-10-18-7-4-3-5-8-18/h3-9,17,19,22H,2,10-16H2,1H3,(H,25,30)(H,26,29)/t22-/m0/s1. The third-order valence-corrected chi connectivity index (χ3v) is 6.57. The molecule has 0 bridgehead atoms. The van der Waals surface area contributed by atoms with Crippen LogP contribution in [0.5, 0.6) is 0 Å². The molecule has 0 unspecified atom stereocenters. The Bertz CT molecular complexity index is 846. The van der Waals surface area contributed by atoms with Crippen LogP contribution in [0, 0.1) is 5.92 Å². The van der Waals surface area contributed by atoms with Crippen LogP contribution in [0.4, 0.5) is 0 Å². The number of hydrogen-bond donors (Lipinski definition) is 2. The van der Waals surface area contributed by atoms with E-state index >= 15 is 0 Å². The fourth-order valence-corrected chi connectivity index (χ4v) is 4.54. The predicted molar refractivity (Wildman–Crippen MR) is 123 cm³/mol. The molecule has 1 aromatic heterocycles. The van der Waals surface area contributed by atoms with E-state index < -0.39 is 6.04 Å². The second-order valence-corrected chi connectivity index (χ2v) is 8.87. The first-order chi connectivity index (χ1) is 15.1. The van der Waals surface area contributed by atoms with Crippen LogP contribution < -0.4 is 10.6 Å². The van der Waals surface area contributed by atoms with Gasteiger partial charge in [-0.1, -0.05) is 43.3 Å². The average Bonchev–Trinajstić information content (AvgIpc) is 3.35. The molecule has 166 valence electrons. The van der Waals surface area contributed by atoms with Crippen LogP contribution in [0.15, 0.2) is 47.8 Å². The molecule has 1 aromatic carbocycles. The second kappa shape index (κ2) is 11.6. The summed E-state index contributed by atoms with van der Waals surface area (Å²) >= 11 is 1.36. The van der Waals surface area contributed by atoms with E-state index in [1.165, 1.54) is 11.3 Å². The van der Waals surface area contributed by atoms with Crippen molar-refractivity contribution in [1.82, 2.24) is 15.5 Å². The molecule has 3 rings (SSSR count). The molecule has 0 saturated carbocycles. The Balaban J connectivity index is 1.55. The molecule has 1 aliphatic rings. The Kier molecular flexibility index (Phi) is 8.64. The second-order valence-electron chi connectivity index (χ2n) is 7.92. The minimum atomic E-state index is -0.581. The van der Waals surface area contributed by atoms with Crippen LogP contribution in [0.25, 0.3) is 0 Å². The summed E-state index contributed by atoms with van der Waals surface area (Å²) < 4.78 is 0. The van der Waals surface area contributed by atoms with Gasteiger partial charge in [0, 0.05) is 26.1 Å². The molecule has 3 amide bonds. The molecule has 7 heteroatoms. The SMILES string of the molecule is CCCNC(=O)[C@@H](NC(=O)c1cccs1)C1CCN(C(=O)CCc2ccccc2)CC1. The molecule has 0 spiro atoms. The number of rotatable bonds is 9. The molecule has 2 aromatic rings. The number of nitrogens with zero attached hydrogens (tertiary/aromatic N) is 1. The van der Waals surface area contributed by atoms with Crippen molar-refractivity contribution >= 4 is 29.1 Å². The van der Waals surface area contributed by atoms with E-state index in [1.807, 2.05) is 53.6 Å². The molecular formula is C24H31N3O3S. The molecule has 1 fully saturated rings. The number of hydrogen-bond acceptors (Lipinski definition) is 4. The normalized spacial score (nSPS) is 15.3. The van der Waals surface area contributed by atoms with Crippen molar-refractivity contribution in [3.63, 3.8) is 0 Å². The number of piperidine rings is 1. The van der Waals surface area contributed by atoms with Crippen LogP contribution in [-0.4, -0.2) is 48.3 Å². The van der Waals surface area contributed by atoms with Gasteiger partial charge in [-0.25, -0.2) is 0 Å². The van der Waals surface area contributed by atoms with Gasteiger partial charge >= 0.3 is 0 Å². The predicted octanol–water partition coefficient (Wildman–Crippen LogP) is 3.24. The number of nitrogens with one attached hydrogen (secondary N) is 2. The third-order valence-electron chi connectivity index (χ3n) is 5.70. The molecule has 31 heavy (non-hydrogen) atoms. The zero-order chi connectivity index (χ0) is 22.1. The highest BCUT2D eigenvalue weighted by Crippen LogP contribution is 2.23. The Morgan fingerprint density at radius 1 is 1.10 bits per heavy atom. The van der Waals surface area contributed by atoms with Gasteiger partial charge in [0.2, 0.25) is 11.8 Å². The van der Waals surface area contributed by atoms with E-state index in [-0.39, 0.29) is 23.6 Å². The van der Waals surface area contributed by atoms with E-state index in [4.69, 9.17) is 0 Å². The van der Waals surface area contributed by atoms with E-state index in [1.54, 1.807) is 6.07 Å². The van der Waals surface area contributed by atoms with Crippen LogP contribution >= 0.6 is 11.3 Å². The average molecular weight is 442 g/mol. The first-order valence-corrected chi connectivity index (χ1v) is 11.9. The Labute approximate surface area is 188 Å². The summed E-state index contributed by atoms with van der Waals surface area (Å²) in [5.41, 5.74) is 1.16. The zero-order valence-corrected chi connectivity index (χ0v) is 18.8. The van der Waals surface area contributed by atoms with Crippen molar-refractivity contribution in [3.8, 4) is 0 Å². The van der Waals surface area contributed by atoms with E-state index in [0.717, 1.165) is 18.4 Å². The minimum Gasteiger partial charge on any atom is -0.354 e. The minimum absolute atomic E-state index is 0.0129. The molecule has 0 aliphatic carbocycles. The lowest BCUT2D eigenvalue weighted by Crippen LogP contribution is -2.53. The monoisotopic (exact) mass is 441 g/mol. The number of benzene rings is 1. The van der Waals surface area contributed by atoms with Gasteiger partial charge in [-0.15, -0.1) is 11.3 Å². The van der Waals surface area contributed by atoms with E-state index in [2.05, 4.69) is 10.6 Å². The van der Waals surface area contributed by atoms with Crippen LogP contribution in [0.2, 0.25) is 0 Å². The molecular weight excluding hydrogens is 410 g/mol. The lowest BCUT2D eigenvalue weighted by molar-refractivity contribution is -0.133. The molecule has 0 radical (unpaired) electrons. The van der Waals surface area contributed by atoms with Gasteiger partial charge in [0.1, 0.15) is 6.04 Å². The first-order valence-electron chi connectivity index (χ1n) is 11.0. The molecule has 2 N–H and O–H groups in total. The molecule has 1 atom stereocenters. The van der Waals surface area contributed by atoms with E-state index in [9.17, 15) is 14.4 Å². The maximum absolute atomic E-state index is 12.8. The number of likely N-dealkylation sites (tertiary alicyclic amines) is 1. The number of amides is 3. The quantitative estimate of drug-likeness (QED) is 0.627. The molecule has 2 heterocycles. The summed E-state index contributed by atoms with van der Waals surface area (Å²) in [7, 11) is 0. The van der Waals surface area contributed by atoms with Crippen molar-refractivity contribution < 1.29 is 14.4 Å². The van der Waals surface area contributed by atoms with Crippen molar-refractivity contribution in [1.29, 1.82) is 0 Å². The number of carbonyl (C=O) groups excluding carboxylic acids is 3. The van der Waals surface area contributed by atoms with Crippen LogP contribution in [-0.2, 0) is 16.0 Å². The van der Waals surface area contributed by atoms with Crippen molar-refractivity contribution in [2.45, 2.75) is 45.1 Å². The maximum atomic E-state index is 12.8. The summed E-state index contributed by atoms with van der Waals surface area (Å²) in [6.07, 6.45) is 3.46. The Morgan fingerprint density at radius 2 is 1.84 bits per heavy atom. The topological polar surface area (TPSA) is 78.5 Å². The van der Waals surface area contributed by atoms with Gasteiger partial charge < -0.3 is 15.5 Å². The van der Waals surface area contributed by atoms with Gasteiger partial charge in [-0.2, -0.15) is 0 Å². The highest BCUT2D eigenvalue weighted by molar-refractivity contribution is 7.12. The van der Waals surface area contributed by atoms with Gasteiger partial charge in [0.15, 0.2) is 0 Å². The van der Waals surface area contributed by atoms with Gasteiger partial charge in [0.05, 0.1) is 4.88 Å². The summed E-state index contributed by atoms with van der Waals surface area (Å²) in [5.74, 6) is -0.190. The molecule has 6 nitrogen and oxygen atoms in total. The van der Waals surface area contributed by atoms with Crippen LogP contribution in [0.1, 0.15) is 47.8 Å². The third kappa shape index (κ3) is 6.66. The van der Waals surface area contributed by atoms with Crippen molar-refractivity contribution in [2.75, 3.05) is 19.6 Å². The molecule has 1 saturated heterocycles. The first kappa shape index (κ1) is 23.0. The van der Waals surface area contributed by atoms with Gasteiger partial charge in [-0.3, -0.25) is 14.4 Å². The molecule has 1 aliphatic heterocycles. The van der Waals surface area contributed by atoms with E-state index in [0.29, 0.717) is 43.8 Å². The Morgan fingerprint density at radius 3 is 2.48 bits per heavy atom. The lowest BCUT2D eigenvalue weighted by Gasteiger charge is -2.36. The van der Waals surface area contributed by atoms with Crippen molar-refractivity contribution in [3.05, 3.63) is 58.3 Å². The van der Waals surface area contributed by atoms with Gasteiger partial charge in [-0.05, 0) is 48.6 Å². The fraction of sp³-hybridized carbons (Fsp3) is 0.458. The fourth-order valence-electron chi connectivity index (χ4n) is 3.91. The highest BCUT2D eigenvalue weighted by atomic mass is 32.1. The smallest absolute Gasteiger partial charge is 0.262 e. The van der Waals surface area contributed by atoms with Crippen molar-refractivity contribution in [2.24, 2.45) is 5.92 Å². The summed E-state index contributed by atoms with van der Waals surface area (Å²) in [6, 6.07) is 13.0. The zero-order valence-electron chi connectivity index (χ0n) is 18.0. The van der Waals surface area contributed by atoms with Gasteiger partial charge in [0.25, 0.3) is 5.91 Å². The lowest BCUT2D eigenvalue weighted by atomic mass is 9.88. The largest absolute Gasteiger partial charge is 0.354 e. The maximum Gasteiger partial charge on any atom is 0.262 e. The van der Waals surface area contributed by atoms with Crippen LogP contribution in [0.3, 0.4) is 0 Å². The summed E-state index contributed by atoms with van der Waals surface area (Å²) in [4.78, 5) is 40.5.